The summed E-state index contributed by atoms with van der Waals surface area (Å²) in [5.41, 5.74) is 1.07. The van der Waals surface area contributed by atoms with Crippen molar-refractivity contribution in [2.75, 3.05) is 5.32 Å². The minimum absolute atomic E-state index is 0.0962. The molecule has 1 aromatic carbocycles. The van der Waals surface area contributed by atoms with Gasteiger partial charge < -0.3 is 10.3 Å². The molecular formula is C16H11IN2O2S. The van der Waals surface area contributed by atoms with E-state index in [-0.39, 0.29) is 5.56 Å². The van der Waals surface area contributed by atoms with Crippen molar-refractivity contribution < 1.29 is 4.79 Å². The van der Waals surface area contributed by atoms with E-state index in [4.69, 9.17) is 0 Å². The van der Waals surface area contributed by atoms with Gasteiger partial charge in [-0.1, -0.05) is 6.07 Å². The lowest BCUT2D eigenvalue weighted by Gasteiger charge is -2.05. The topological polar surface area (TPSA) is 62.0 Å². The highest BCUT2D eigenvalue weighted by atomic mass is 127. The van der Waals surface area contributed by atoms with Gasteiger partial charge in [0.1, 0.15) is 5.56 Å². The lowest BCUT2D eigenvalue weighted by Crippen LogP contribution is -2.23. The van der Waals surface area contributed by atoms with Gasteiger partial charge in [0, 0.05) is 9.26 Å². The minimum Gasteiger partial charge on any atom is -0.322 e. The molecule has 0 bridgehead atoms. The molecule has 0 saturated carbocycles. The molecule has 2 N–H and O–H groups in total. The van der Waals surface area contributed by atoms with E-state index in [1.165, 1.54) is 11.3 Å². The molecule has 0 aliphatic heterocycles. The number of benzene rings is 1. The summed E-state index contributed by atoms with van der Waals surface area (Å²) in [6, 6.07) is 14.5. The molecule has 1 amide bonds. The maximum atomic E-state index is 12.2. The van der Waals surface area contributed by atoms with Gasteiger partial charge in [-0.2, -0.15) is 0 Å². The Hall–Kier alpha value is -1.93. The van der Waals surface area contributed by atoms with Gasteiger partial charge in [-0.25, -0.2) is 0 Å². The first-order chi connectivity index (χ1) is 10.6. The Balaban J connectivity index is 1.84. The van der Waals surface area contributed by atoms with Crippen LogP contribution in [-0.2, 0) is 0 Å². The number of carbonyl (C=O) groups is 1. The van der Waals surface area contributed by atoms with Gasteiger partial charge in [-0.3, -0.25) is 9.59 Å². The van der Waals surface area contributed by atoms with Crippen molar-refractivity contribution in [3.63, 3.8) is 0 Å². The summed E-state index contributed by atoms with van der Waals surface area (Å²) in [4.78, 5) is 28.0. The lowest BCUT2D eigenvalue weighted by atomic mass is 10.2. The zero-order valence-corrected chi connectivity index (χ0v) is 14.3. The normalized spacial score (nSPS) is 10.4. The highest BCUT2D eigenvalue weighted by Crippen LogP contribution is 2.21. The van der Waals surface area contributed by atoms with Crippen molar-refractivity contribution in [1.29, 1.82) is 0 Å². The number of hydrogen-bond donors (Lipinski definition) is 2. The maximum absolute atomic E-state index is 12.2. The van der Waals surface area contributed by atoms with Crippen LogP contribution in [0.3, 0.4) is 0 Å². The summed E-state index contributed by atoms with van der Waals surface area (Å²) >= 11 is 3.72. The molecule has 6 heteroatoms. The molecule has 0 atom stereocenters. The summed E-state index contributed by atoms with van der Waals surface area (Å²) < 4.78 is 1.08. The van der Waals surface area contributed by atoms with E-state index < -0.39 is 11.5 Å². The molecule has 22 heavy (non-hydrogen) atoms. The van der Waals surface area contributed by atoms with Crippen LogP contribution in [0.2, 0.25) is 0 Å². The molecule has 4 nitrogen and oxygen atoms in total. The quantitative estimate of drug-likeness (QED) is 0.628. The third-order valence-electron chi connectivity index (χ3n) is 3.04. The van der Waals surface area contributed by atoms with Crippen LogP contribution in [0.15, 0.2) is 58.7 Å². The first kappa shape index (κ1) is 15.0. The third-order valence-corrected chi connectivity index (χ3v) is 4.67. The second kappa shape index (κ2) is 6.45. The van der Waals surface area contributed by atoms with Crippen LogP contribution in [-0.4, -0.2) is 10.9 Å². The fraction of sp³-hybridized carbons (Fsp3) is 0. The van der Waals surface area contributed by atoms with E-state index in [1.807, 2.05) is 29.6 Å². The molecule has 2 heterocycles. The molecule has 0 fully saturated rings. The third kappa shape index (κ3) is 3.28. The average Bonchev–Trinajstić information content (AvgIpc) is 3.03. The molecule has 0 spiro atoms. The van der Waals surface area contributed by atoms with Crippen molar-refractivity contribution in [3.8, 4) is 10.6 Å². The van der Waals surface area contributed by atoms with Gasteiger partial charge in [0.05, 0.1) is 10.6 Å². The maximum Gasteiger partial charge on any atom is 0.261 e. The van der Waals surface area contributed by atoms with Crippen LogP contribution in [0.4, 0.5) is 5.69 Å². The Morgan fingerprint density at radius 2 is 1.86 bits per heavy atom. The van der Waals surface area contributed by atoms with Gasteiger partial charge in [-0.05, 0) is 70.4 Å². The Morgan fingerprint density at radius 1 is 1.09 bits per heavy atom. The van der Waals surface area contributed by atoms with Crippen LogP contribution in [0.1, 0.15) is 10.4 Å². The molecule has 0 radical (unpaired) electrons. The minimum atomic E-state index is -0.416. The number of pyridine rings is 1. The monoisotopic (exact) mass is 422 g/mol. The SMILES string of the molecule is O=C(Nc1ccc(I)cc1)c1ccc(-c2cccs2)[nH]c1=O. The summed E-state index contributed by atoms with van der Waals surface area (Å²) in [5, 5.41) is 4.66. The smallest absolute Gasteiger partial charge is 0.261 e. The number of hydrogen-bond acceptors (Lipinski definition) is 3. The molecular weight excluding hydrogens is 411 g/mol. The highest BCUT2D eigenvalue weighted by Gasteiger charge is 2.12. The van der Waals surface area contributed by atoms with Crippen molar-refractivity contribution >= 4 is 45.5 Å². The Bertz CT molecular complexity index is 855. The molecule has 0 saturated heterocycles. The molecule has 2 aromatic heterocycles. The standard InChI is InChI=1S/C16H11IN2O2S/c17-10-3-5-11(6-4-10)18-15(20)12-7-8-13(19-16(12)21)14-2-1-9-22-14/h1-9H,(H,18,20)(H,19,21). The number of aromatic nitrogens is 1. The molecule has 0 unspecified atom stereocenters. The van der Waals surface area contributed by atoms with Crippen molar-refractivity contribution in [2.24, 2.45) is 0 Å². The summed E-state index contributed by atoms with van der Waals surface area (Å²) in [6.45, 7) is 0. The van der Waals surface area contributed by atoms with E-state index in [0.29, 0.717) is 11.4 Å². The predicted octanol–water partition coefficient (Wildman–Crippen LogP) is 3.96. The average molecular weight is 422 g/mol. The molecule has 3 aromatic rings. The van der Waals surface area contributed by atoms with Crippen molar-refractivity contribution in [3.05, 3.63) is 73.4 Å². The number of thiophene rings is 1. The molecule has 110 valence electrons. The van der Waals surface area contributed by atoms with Gasteiger partial charge in [0.25, 0.3) is 11.5 Å². The van der Waals surface area contributed by atoms with Gasteiger partial charge in [0.15, 0.2) is 0 Å². The lowest BCUT2D eigenvalue weighted by molar-refractivity contribution is 0.102. The number of halogens is 1. The highest BCUT2D eigenvalue weighted by molar-refractivity contribution is 14.1. The Kier molecular flexibility index (Phi) is 4.39. The summed E-state index contributed by atoms with van der Waals surface area (Å²) in [6.07, 6.45) is 0. The molecule has 0 aliphatic carbocycles. The number of H-pyrrole nitrogens is 1. The largest absolute Gasteiger partial charge is 0.322 e. The van der Waals surface area contributed by atoms with E-state index in [9.17, 15) is 9.59 Å². The van der Waals surface area contributed by atoms with Crippen LogP contribution in [0, 0.1) is 3.57 Å². The number of anilines is 1. The fourth-order valence-electron chi connectivity index (χ4n) is 1.96. The number of aromatic amines is 1. The second-order valence-electron chi connectivity index (χ2n) is 4.55. The van der Waals surface area contributed by atoms with Crippen molar-refractivity contribution in [2.45, 2.75) is 0 Å². The second-order valence-corrected chi connectivity index (χ2v) is 6.75. The Morgan fingerprint density at radius 3 is 2.50 bits per heavy atom. The van der Waals surface area contributed by atoms with E-state index in [0.717, 1.165) is 8.45 Å². The first-order valence-corrected chi connectivity index (χ1v) is 8.43. The van der Waals surface area contributed by atoms with E-state index >= 15 is 0 Å². The van der Waals surface area contributed by atoms with E-state index in [1.54, 1.807) is 24.3 Å². The van der Waals surface area contributed by atoms with Crippen molar-refractivity contribution in [1.82, 2.24) is 4.98 Å². The van der Waals surface area contributed by atoms with Gasteiger partial charge in [0.2, 0.25) is 0 Å². The molecule has 0 aliphatic rings. The number of rotatable bonds is 3. The van der Waals surface area contributed by atoms with Crippen LogP contribution in [0.25, 0.3) is 10.6 Å². The van der Waals surface area contributed by atoms with Gasteiger partial charge >= 0.3 is 0 Å². The van der Waals surface area contributed by atoms with Gasteiger partial charge in [-0.15, -0.1) is 11.3 Å². The molecule has 3 rings (SSSR count). The van der Waals surface area contributed by atoms with Crippen LogP contribution >= 0.6 is 33.9 Å². The fourth-order valence-corrected chi connectivity index (χ4v) is 3.03. The first-order valence-electron chi connectivity index (χ1n) is 6.47. The number of carbonyl (C=O) groups excluding carboxylic acids is 1. The zero-order valence-electron chi connectivity index (χ0n) is 11.3. The van der Waals surface area contributed by atoms with Crippen LogP contribution < -0.4 is 10.9 Å². The zero-order chi connectivity index (χ0) is 15.5. The van der Waals surface area contributed by atoms with E-state index in [2.05, 4.69) is 32.9 Å². The Labute approximate surface area is 144 Å². The predicted molar refractivity (Wildman–Crippen MR) is 97.5 cm³/mol. The summed E-state index contributed by atoms with van der Waals surface area (Å²) in [7, 11) is 0. The van der Waals surface area contributed by atoms with Crippen LogP contribution in [0.5, 0.6) is 0 Å². The summed E-state index contributed by atoms with van der Waals surface area (Å²) in [5.74, 6) is -0.416. The number of nitrogens with one attached hydrogen (secondary N) is 2. The number of amides is 1.